The second kappa shape index (κ2) is 2.51. The normalized spacial score (nSPS) is 41.7. The zero-order valence-corrected chi connectivity index (χ0v) is 6.64. The van der Waals surface area contributed by atoms with Crippen molar-refractivity contribution in [1.29, 1.82) is 0 Å². The molecule has 0 unspecified atom stereocenters. The molecular weight excluding hydrogens is 124 g/mol. The van der Waals surface area contributed by atoms with Gasteiger partial charge in [-0.05, 0) is 45.4 Å². The summed E-state index contributed by atoms with van der Waals surface area (Å²) in [5, 5.41) is 3.45. The van der Waals surface area contributed by atoms with E-state index in [4.69, 9.17) is 0 Å². The molecule has 2 aliphatic rings. The fourth-order valence-electron chi connectivity index (χ4n) is 2.32. The smallest absolute Gasteiger partial charge is 0.0145 e. The molecule has 58 valence electrons. The Balaban J connectivity index is 2.01. The Morgan fingerprint density at radius 1 is 1.40 bits per heavy atom. The van der Waals surface area contributed by atoms with Crippen LogP contribution < -0.4 is 5.32 Å². The zero-order chi connectivity index (χ0) is 6.97. The third-order valence-electron chi connectivity index (χ3n) is 2.99. The van der Waals surface area contributed by atoms with Crippen LogP contribution in [0.15, 0.2) is 0 Å². The van der Waals surface area contributed by atoms with Crippen molar-refractivity contribution in [2.45, 2.75) is 18.9 Å². The van der Waals surface area contributed by atoms with Gasteiger partial charge in [0.15, 0.2) is 0 Å². The number of nitrogens with zero attached hydrogens (tertiary/aromatic N) is 1. The Bertz CT molecular complexity index is 122. The molecule has 2 saturated heterocycles. The topological polar surface area (TPSA) is 15.3 Å². The second-order valence-electron chi connectivity index (χ2n) is 3.59. The molecule has 0 bridgehead atoms. The molecular formula is C8H16N2. The van der Waals surface area contributed by atoms with E-state index in [-0.39, 0.29) is 0 Å². The molecule has 2 aliphatic heterocycles. The largest absolute Gasteiger partial charge is 0.316 e. The lowest BCUT2D eigenvalue weighted by Crippen LogP contribution is -2.42. The maximum atomic E-state index is 3.45. The summed E-state index contributed by atoms with van der Waals surface area (Å²) >= 11 is 0. The maximum Gasteiger partial charge on any atom is 0.0145 e. The molecule has 10 heavy (non-hydrogen) atoms. The summed E-state index contributed by atoms with van der Waals surface area (Å²) in [5.41, 5.74) is 0. The summed E-state index contributed by atoms with van der Waals surface area (Å²) in [6.45, 7) is 3.80. The van der Waals surface area contributed by atoms with E-state index in [1.54, 1.807) is 0 Å². The first-order valence-electron chi connectivity index (χ1n) is 4.29. The van der Waals surface area contributed by atoms with Gasteiger partial charge in [-0.25, -0.2) is 0 Å². The minimum atomic E-state index is 0.904. The molecule has 2 nitrogen and oxygen atoms in total. The molecule has 0 amide bonds. The molecule has 2 atom stereocenters. The highest BCUT2D eigenvalue weighted by molar-refractivity contribution is 4.89. The van der Waals surface area contributed by atoms with Gasteiger partial charge in [0.1, 0.15) is 0 Å². The van der Waals surface area contributed by atoms with Crippen LogP contribution >= 0.6 is 0 Å². The first-order chi connectivity index (χ1) is 4.88. The number of fused-ring (bicyclic) bond motifs is 1. The molecule has 1 N–H and O–H groups in total. The van der Waals surface area contributed by atoms with Crippen molar-refractivity contribution in [1.82, 2.24) is 10.2 Å². The van der Waals surface area contributed by atoms with Crippen LogP contribution in [-0.4, -0.2) is 37.6 Å². The van der Waals surface area contributed by atoms with Gasteiger partial charge in [-0.1, -0.05) is 0 Å². The monoisotopic (exact) mass is 140 g/mol. The Labute approximate surface area is 62.6 Å². The fraction of sp³-hybridized carbons (Fsp3) is 1.00. The lowest BCUT2D eigenvalue weighted by Gasteiger charge is -2.29. The summed E-state index contributed by atoms with van der Waals surface area (Å²) in [6.07, 6.45) is 2.77. The number of hydrogen-bond donors (Lipinski definition) is 1. The van der Waals surface area contributed by atoms with E-state index in [9.17, 15) is 0 Å². The molecule has 0 aliphatic carbocycles. The molecule has 0 aromatic rings. The lowest BCUT2D eigenvalue weighted by molar-refractivity contribution is 0.225. The van der Waals surface area contributed by atoms with Gasteiger partial charge < -0.3 is 10.2 Å². The summed E-state index contributed by atoms with van der Waals surface area (Å²) in [6, 6.07) is 0.904. The second-order valence-corrected chi connectivity index (χ2v) is 3.59. The fourth-order valence-corrected chi connectivity index (χ4v) is 2.32. The van der Waals surface area contributed by atoms with E-state index in [2.05, 4.69) is 17.3 Å². The summed E-state index contributed by atoms with van der Waals surface area (Å²) in [5.74, 6) is 0.957. The van der Waals surface area contributed by atoms with Crippen LogP contribution in [0.5, 0.6) is 0 Å². The molecule has 2 rings (SSSR count). The van der Waals surface area contributed by atoms with Crippen molar-refractivity contribution in [2.24, 2.45) is 5.92 Å². The van der Waals surface area contributed by atoms with Crippen molar-refractivity contribution in [3.05, 3.63) is 0 Å². The van der Waals surface area contributed by atoms with Crippen molar-refractivity contribution in [2.75, 3.05) is 26.7 Å². The van der Waals surface area contributed by atoms with Crippen molar-refractivity contribution < 1.29 is 0 Å². The number of piperidine rings is 1. The van der Waals surface area contributed by atoms with E-state index in [0.29, 0.717) is 0 Å². The van der Waals surface area contributed by atoms with E-state index in [1.807, 2.05) is 0 Å². The molecule has 0 aromatic carbocycles. The van der Waals surface area contributed by atoms with E-state index < -0.39 is 0 Å². The number of hydrogen-bond acceptors (Lipinski definition) is 2. The van der Waals surface area contributed by atoms with Crippen LogP contribution in [0.25, 0.3) is 0 Å². The predicted molar refractivity (Wildman–Crippen MR) is 42.0 cm³/mol. The molecule has 0 saturated carbocycles. The van der Waals surface area contributed by atoms with Gasteiger partial charge in [0.2, 0.25) is 0 Å². The van der Waals surface area contributed by atoms with Crippen LogP contribution in [-0.2, 0) is 0 Å². The highest BCUT2D eigenvalue weighted by Gasteiger charge is 2.32. The van der Waals surface area contributed by atoms with Crippen LogP contribution in [0.2, 0.25) is 0 Å². The summed E-state index contributed by atoms with van der Waals surface area (Å²) in [4.78, 5) is 2.52. The average molecular weight is 140 g/mol. The average Bonchev–Trinajstić information content (AvgIpc) is 2.34. The Morgan fingerprint density at radius 2 is 2.30 bits per heavy atom. The van der Waals surface area contributed by atoms with Crippen molar-refractivity contribution in [3.8, 4) is 0 Å². The van der Waals surface area contributed by atoms with Crippen molar-refractivity contribution in [3.63, 3.8) is 0 Å². The third kappa shape index (κ3) is 0.956. The minimum Gasteiger partial charge on any atom is -0.316 e. The first-order valence-corrected chi connectivity index (χ1v) is 4.29. The lowest BCUT2D eigenvalue weighted by atomic mass is 9.94. The third-order valence-corrected chi connectivity index (χ3v) is 2.99. The van der Waals surface area contributed by atoms with Crippen molar-refractivity contribution >= 4 is 0 Å². The van der Waals surface area contributed by atoms with E-state index >= 15 is 0 Å². The number of likely N-dealkylation sites (tertiary alicyclic amines) is 1. The standard InChI is InChI=1S/C8H16N2/c1-10-5-3-7-6-9-4-2-8(7)10/h7-9H,2-6H2,1H3/t7-,8-/m1/s1. The molecule has 0 radical (unpaired) electrons. The van der Waals surface area contributed by atoms with Crippen LogP contribution in [0.3, 0.4) is 0 Å². The van der Waals surface area contributed by atoms with Gasteiger partial charge in [0.05, 0.1) is 0 Å². The van der Waals surface area contributed by atoms with E-state index in [0.717, 1.165) is 12.0 Å². The Morgan fingerprint density at radius 3 is 3.10 bits per heavy atom. The molecule has 2 fully saturated rings. The first kappa shape index (κ1) is 6.62. The van der Waals surface area contributed by atoms with E-state index in [1.165, 1.54) is 32.5 Å². The number of nitrogens with one attached hydrogen (secondary N) is 1. The minimum absolute atomic E-state index is 0.904. The molecule has 0 spiro atoms. The van der Waals surface area contributed by atoms with Gasteiger partial charge in [-0.2, -0.15) is 0 Å². The van der Waals surface area contributed by atoms with Crippen LogP contribution in [0, 0.1) is 5.92 Å². The molecule has 0 aromatic heterocycles. The van der Waals surface area contributed by atoms with Crippen LogP contribution in [0.4, 0.5) is 0 Å². The van der Waals surface area contributed by atoms with Gasteiger partial charge in [0.25, 0.3) is 0 Å². The van der Waals surface area contributed by atoms with Gasteiger partial charge >= 0.3 is 0 Å². The number of rotatable bonds is 0. The zero-order valence-electron chi connectivity index (χ0n) is 6.64. The molecule has 2 heteroatoms. The van der Waals surface area contributed by atoms with Gasteiger partial charge in [-0.15, -0.1) is 0 Å². The molecule has 2 heterocycles. The Hall–Kier alpha value is -0.0800. The highest BCUT2D eigenvalue weighted by Crippen LogP contribution is 2.26. The quantitative estimate of drug-likeness (QED) is 0.520. The maximum absolute atomic E-state index is 3.45. The SMILES string of the molecule is CN1CC[C@@H]2CNCC[C@H]21. The van der Waals surface area contributed by atoms with Gasteiger partial charge in [-0.3, -0.25) is 0 Å². The summed E-state index contributed by atoms with van der Waals surface area (Å²) in [7, 11) is 2.26. The Kier molecular flexibility index (Phi) is 1.66. The highest BCUT2D eigenvalue weighted by atomic mass is 15.2. The predicted octanol–water partition coefficient (Wildman–Crippen LogP) is 0.300. The van der Waals surface area contributed by atoms with Crippen LogP contribution in [0.1, 0.15) is 12.8 Å². The summed E-state index contributed by atoms with van der Waals surface area (Å²) < 4.78 is 0. The van der Waals surface area contributed by atoms with Gasteiger partial charge in [0, 0.05) is 6.04 Å².